The lowest BCUT2D eigenvalue weighted by Crippen LogP contribution is -2.42. The van der Waals surface area contributed by atoms with E-state index in [1.54, 1.807) is 18.2 Å². The average molecular weight is 400 g/mol. The Morgan fingerprint density at radius 1 is 1.00 bits per heavy atom. The lowest BCUT2D eigenvalue weighted by Gasteiger charge is -2.28. The Kier molecular flexibility index (Phi) is 6.09. The summed E-state index contributed by atoms with van der Waals surface area (Å²) >= 11 is 0. The monoisotopic (exact) mass is 400 g/mol. The molecule has 0 radical (unpaired) electrons. The van der Waals surface area contributed by atoms with Gasteiger partial charge in [-0.25, -0.2) is 8.78 Å². The first kappa shape index (κ1) is 19.8. The highest BCUT2D eigenvalue weighted by atomic mass is 19.1. The summed E-state index contributed by atoms with van der Waals surface area (Å²) in [7, 11) is 0. The Balaban J connectivity index is 1.39. The first-order chi connectivity index (χ1) is 14.1. The lowest BCUT2D eigenvalue weighted by molar-refractivity contribution is 0.0704. The number of rotatable bonds is 6. The number of hydrogen-bond acceptors (Lipinski definition) is 3. The normalized spacial score (nSPS) is 19.7. The van der Waals surface area contributed by atoms with Crippen molar-refractivity contribution >= 4 is 5.91 Å². The van der Waals surface area contributed by atoms with Crippen LogP contribution in [0.4, 0.5) is 8.78 Å². The zero-order valence-electron chi connectivity index (χ0n) is 16.4. The summed E-state index contributed by atoms with van der Waals surface area (Å²) < 4.78 is 33.2. The van der Waals surface area contributed by atoms with Gasteiger partial charge in [0.05, 0.1) is 5.56 Å². The van der Waals surface area contributed by atoms with Gasteiger partial charge in [-0.2, -0.15) is 0 Å². The van der Waals surface area contributed by atoms with Crippen molar-refractivity contribution in [3.05, 3.63) is 65.2 Å². The third-order valence-corrected chi connectivity index (χ3v) is 5.80. The van der Waals surface area contributed by atoms with E-state index in [4.69, 9.17) is 4.74 Å². The quantitative estimate of drug-likeness (QED) is 0.727. The summed E-state index contributed by atoms with van der Waals surface area (Å²) in [6, 6.07) is 10.5. The lowest BCUT2D eigenvalue weighted by atomic mass is 10.1. The molecule has 4 nitrogen and oxygen atoms in total. The van der Waals surface area contributed by atoms with Crippen molar-refractivity contribution in [2.75, 3.05) is 26.2 Å². The maximum absolute atomic E-state index is 14.7. The first-order valence-corrected chi connectivity index (χ1v) is 10.3. The number of benzene rings is 2. The number of amides is 1. The Labute approximate surface area is 170 Å². The molecule has 2 aliphatic rings. The zero-order chi connectivity index (χ0) is 20.2. The molecule has 2 heterocycles. The molecule has 0 saturated carbocycles. The van der Waals surface area contributed by atoms with E-state index in [1.807, 2.05) is 4.90 Å². The van der Waals surface area contributed by atoms with Crippen LogP contribution in [0.25, 0.3) is 0 Å². The Hall–Kier alpha value is -2.47. The predicted molar refractivity (Wildman–Crippen MR) is 107 cm³/mol. The van der Waals surface area contributed by atoms with Gasteiger partial charge in [0.2, 0.25) is 0 Å². The molecule has 4 rings (SSSR count). The zero-order valence-corrected chi connectivity index (χ0v) is 16.4. The van der Waals surface area contributed by atoms with E-state index in [0.29, 0.717) is 12.3 Å². The molecule has 2 fully saturated rings. The number of nitrogens with zero attached hydrogens (tertiary/aromatic N) is 2. The van der Waals surface area contributed by atoms with Crippen molar-refractivity contribution < 1.29 is 18.3 Å². The molecule has 1 atom stereocenters. The molecule has 0 bridgehead atoms. The van der Waals surface area contributed by atoms with Gasteiger partial charge in [-0.1, -0.05) is 12.1 Å². The van der Waals surface area contributed by atoms with E-state index in [9.17, 15) is 13.6 Å². The summed E-state index contributed by atoms with van der Waals surface area (Å²) in [5.74, 6) is -0.779. The van der Waals surface area contributed by atoms with Crippen molar-refractivity contribution in [2.45, 2.75) is 38.3 Å². The molecule has 0 spiro atoms. The number of halogens is 2. The van der Waals surface area contributed by atoms with E-state index in [-0.39, 0.29) is 29.9 Å². The van der Waals surface area contributed by atoms with E-state index in [0.717, 1.165) is 38.0 Å². The molecule has 6 heteroatoms. The maximum atomic E-state index is 14.7. The molecule has 0 N–H and O–H groups in total. The van der Waals surface area contributed by atoms with Gasteiger partial charge in [-0.05, 0) is 68.6 Å². The van der Waals surface area contributed by atoms with Gasteiger partial charge in [0.1, 0.15) is 24.0 Å². The predicted octanol–water partition coefficient (Wildman–Crippen LogP) is 4.24. The van der Waals surface area contributed by atoms with Crippen LogP contribution in [0.1, 0.15) is 41.6 Å². The molecule has 2 aromatic rings. The van der Waals surface area contributed by atoms with E-state index in [1.165, 1.54) is 37.1 Å². The molecule has 1 amide bonds. The van der Waals surface area contributed by atoms with Gasteiger partial charge in [-0.3, -0.25) is 4.79 Å². The minimum atomic E-state index is -0.571. The Morgan fingerprint density at radius 3 is 2.48 bits per heavy atom. The summed E-state index contributed by atoms with van der Waals surface area (Å²) in [5, 5.41) is 0. The van der Waals surface area contributed by atoms with Gasteiger partial charge < -0.3 is 14.5 Å². The minimum Gasteiger partial charge on any atom is -0.489 e. The van der Waals surface area contributed by atoms with Gasteiger partial charge in [0.15, 0.2) is 0 Å². The fourth-order valence-electron chi connectivity index (χ4n) is 4.22. The van der Waals surface area contributed by atoms with Gasteiger partial charge in [0, 0.05) is 25.2 Å². The second-order valence-electron chi connectivity index (χ2n) is 7.86. The largest absolute Gasteiger partial charge is 0.489 e. The van der Waals surface area contributed by atoms with E-state index < -0.39 is 5.82 Å². The average Bonchev–Trinajstić information content (AvgIpc) is 3.40. The molecule has 0 aromatic heterocycles. The summed E-state index contributed by atoms with van der Waals surface area (Å²) in [6.07, 6.45) is 4.37. The van der Waals surface area contributed by atoms with Crippen LogP contribution in [-0.4, -0.2) is 47.9 Å². The summed E-state index contributed by atoms with van der Waals surface area (Å²) in [4.78, 5) is 17.2. The topological polar surface area (TPSA) is 32.8 Å². The molecule has 1 unspecified atom stereocenters. The fourth-order valence-corrected chi connectivity index (χ4v) is 4.22. The molecule has 154 valence electrons. The molecule has 2 saturated heterocycles. The number of carbonyl (C=O) groups is 1. The van der Waals surface area contributed by atoms with Gasteiger partial charge >= 0.3 is 0 Å². The second-order valence-corrected chi connectivity index (χ2v) is 7.86. The maximum Gasteiger partial charge on any atom is 0.257 e. The molecule has 29 heavy (non-hydrogen) atoms. The number of ether oxygens (including phenoxy) is 1. The molecule has 2 aliphatic heterocycles. The Bertz CT molecular complexity index is 850. The highest BCUT2D eigenvalue weighted by Crippen LogP contribution is 2.25. The van der Waals surface area contributed by atoms with Crippen LogP contribution in [0.3, 0.4) is 0 Å². The molecular weight excluding hydrogens is 374 g/mol. The van der Waals surface area contributed by atoms with Crippen molar-refractivity contribution in [1.29, 1.82) is 0 Å². The summed E-state index contributed by atoms with van der Waals surface area (Å²) in [5.41, 5.74) is 0.876. The highest BCUT2D eigenvalue weighted by Gasteiger charge is 2.32. The smallest absolute Gasteiger partial charge is 0.257 e. The fraction of sp³-hybridized carbons (Fsp3) is 0.435. The van der Waals surface area contributed by atoms with Crippen molar-refractivity contribution in [3.8, 4) is 5.75 Å². The molecule has 0 aliphatic carbocycles. The first-order valence-electron chi connectivity index (χ1n) is 10.3. The van der Waals surface area contributed by atoms with Crippen molar-refractivity contribution in [3.63, 3.8) is 0 Å². The van der Waals surface area contributed by atoms with Crippen LogP contribution >= 0.6 is 0 Å². The molecular formula is C23H26F2N2O2. The Morgan fingerprint density at radius 2 is 1.76 bits per heavy atom. The summed E-state index contributed by atoms with van der Waals surface area (Å²) in [6.45, 7) is 3.95. The SMILES string of the molecule is O=C(c1ccc(OCc2ccc(F)cc2)cc1F)N1CCCC1CN1CCCC1. The van der Waals surface area contributed by atoms with E-state index in [2.05, 4.69) is 4.90 Å². The number of carbonyl (C=O) groups excluding carboxylic acids is 1. The van der Waals surface area contributed by atoms with Crippen LogP contribution < -0.4 is 4.74 Å². The third kappa shape index (κ3) is 4.75. The third-order valence-electron chi connectivity index (χ3n) is 5.80. The van der Waals surface area contributed by atoms with Crippen LogP contribution in [0, 0.1) is 11.6 Å². The van der Waals surface area contributed by atoms with Crippen LogP contribution in [0.2, 0.25) is 0 Å². The molecule has 2 aromatic carbocycles. The van der Waals surface area contributed by atoms with E-state index >= 15 is 0 Å². The van der Waals surface area contributed by atoms with Crippen LogP contribution in [-0.2, 0) is 6.61 Å². The minimum absolute atomic E-state index is 0.0902. The van der Waals surface area contributed by atoms with Gasteiger partial charge in [-0.15, -0.1) is 0 Å². The number of hydrogen-bond donors (Lipinski definition) is 0. The highest BCUT2D eigenvalue weighted by molar-refractivity contribution is 5.95. The number of likely N-dealkylation sites (tertiary alicyclic amines) is 2. The second kappa shape index (κ2) is 8.91. The van der Waals surface area contributed by atoms with Crippen LogP contribution in [0.5, 0.6) is 5.75 Å². The van der Waals surface area contributed by atoms with Gasteiger partial charge in [0.25, 0.3) is 5.91 Å². The van der Waals surface area contributed by atoms with Crippen molar-refractivity contribution in [2.24, 2.45) is 0 Å². The van der Waals surface area contributed by atoms with Crippen LogP contribution in [0.15, 0.2) is 42.5 Å². The van der Waals surface area contributed by atoms with Crippen molar-refractivity contribution in [1.82, 2.24) is 9.80 Å². The standard InChI is InChI=1S/C23H26F2N2O2/c24-18-7-5-17(6-8-18)16-29-20-9-10-21(22(25)14-20)23(28)27-13-3-4-19(27)15-26-11-1-2-12-26/h5-10,14,19H,1-4,11-13,15-16H2.